The number of nitrogens with zero attached hydrogens (tertiary/aromatic N) is 4. The van der Waals surface area contributed by atoms with Crippen LogP contribution in [-0.2, 0) is 16.0 Å². The van der Waals surface area contributed by atoms with E-state index in [9.17, 15) is 14.0 Å². The SMILES string of the molecule is CCC(C(=O)OC(C)(C)C)C(C)CN(CC(C)C)c1ccnc2c1CCN2C(=O)Nc1cc(F)c(N)c(C=NC)c1. The van der Waals surface area contributed by atoms with E-state index in [1.807, 2.05) is 33.8 Å². The van der Waals surface area contributed by atoms with Gasteiger partial charge in [-0.2, -0.15) is 0 Å². The van der Waals surface area contributed by atoms with E-state index < -0.39 is 17.4 Å². The number of fused-ring (bicyclic) bond motifs is 1. The van der Waals surface area contributed by atoms with Crippen LogP contribution in [0.1, 0.15) is 66.0 Å². The zero-order chi connectivity index (χ0) is 30.5. The third-order valence-corrected chi connectivity index (χ3v) is 7.05. The van der Waals surface area contributed by atoms with E-state index in [1.54, 1.807) is 24.2 Å². The Kier molecular flexibility index (Phi) is 10.3. The Morgan fingerprint density at radius 3 is 2.59 bits per heavy atom. The second-order valence-corrected chi connectivity index (χ2v) is 12.1. The molecule has 2 atom stereocenters. The van der Waals surface area contributed by atoms with Crippen molar-refractivity contribution in [3.63, 3.8) is 0 Å². The second-order valence-electron chi connectivity index (χ2n) is 12.1. The third kappa shape index (κ3) is 7.95. The van der Waals surface area contributed by atoms with Gasteiger partial charge >= 0.3 is 12.0 Å². The van der Waals surface area contributed by atoms with E-state index >= 15 is 0 Å². The quantitative estimate of drug-likeness (QED) is 0.209. The molecule has 0 saturated carbocycles. The van der Waals surface area contributed by atoms with Gasteiger partial charge in [-0.25, -0.2) is 14.2 Å². The number of aliphatic imine (C=N–C) groups is 1. The zero-order valence-electron chi connectivity index (χ0n) is 25.6. The number of nitrogens with two attached hydrogens (primary N) is 1. The highest BCUT2D eigenvalue weighted by Crippen LogP contribution is 2.36. The first-order valence-corrected chi connectivity index (χ1v) is 14.3. The number of nitrogen functional groups attached to an aromatic ring is 1. The standard InChI is InChI=1S/C31H45FN6O3/c1-9-23(29(39)41-31(5,6)7)20(4)18-37(17-19(2)3)26-10-12-35-28-24(26)11-13-38(28)30(40)36-22-14-21(16-34-8)27(33)25(32)15-22/h10,12,14-16,19-20,23H,9,11,13,17-18,33H2,1-8H3,(H,36,40). The predicted molar refractivity (Wildman–Crippen MR) is 164 cm³/mol. The van der Waals surface area contributed by atoms with Crippen molar-refractivity contribution < 1.29 is 18.7 Å². The first-order valence-electron chi connectivity index (χ1n) is 14.3. The maximum atomic E-state index is 14.4. The molecular formula is C31H45FN6O3. The number of rotatable bonds is 10. The normalized spacial score (nSPS) is 14.7. The lowest BCUT2D eigenvalue weighted by Gasteiger charge is -2.34. The average Bonchev–Trinajstić information content (AvgIpc) is 3.30. The van der Waals surface area contributed by atoms with Crippen LogP contribution < -0.4 is 20.9 Å². The zero-order valence-corrected chi connectivity index (χ0v) is 25.6. The molecule has 0 spiro atoms. The van der Waals surface area contributed by atoms with Gasteiger partial charge in [0.25, 0.3) is 0 Å². The van der Waals surface area contributed by atoms with Gasteiger partial charge in [0.05, 0.1) is 11.6 Å². The van der Waals surface area contributed by atoms with Crippen molar-refractivity contribution in [2.75, 3.05) is 47.5 Å². The van der Waals surface area contributed by atoms with Crippen LogP contribution in [0.3, 0.4) is 0 Å². The van der Waals surface area contributed by atoms with Gasteiger partial charge in [0.15, 0.2) is 0 Å². The van der Waals surface area contributed by atoms with Crippen LogP contribution in [0.25, 0.3) is 0 Å². The maximum absolute atomic E-state index is 14.4. The molecule has 0 fully saturated rings. The number of esters is 1. The van der Waals surface area contributed by atoms with Crippen molar-refractivity contribution in [3.05, 3.63) is 41.3 Å². The third-order valence-electron chi connectivity index (χ3n) is 7.05. The molecular weight excluding hydrogens is 523 g/mol. The summed E-state index contributed by atoms with van der Waals surface area (Å²) in [6.07, 6.45) is 4.47. The van der Waals surface area contributed by atoms with Gasteiger partial charge in [0.2, 0.25) is 0 Å². The lowest BCUT2D eigenvalue weighted by atomic mass is 9.90. The highest BCUT2D eigenvalue weighted by Gasteiger charge is 2.33. The Hall–Kier alpha value is -3.69. The van der Waals surface area contributed by atoms with Crippen LogP contribution >= 0.6 is 0 Å². The summed E-state index contributed by atoms with van der Waals surface area (Å²) >= 11 is 0. The minimum absolute atomic E-state index is 0.0251. The fourth-order valence-electron chi connectivity index (χ4n) is 5.28. The number of hydrogen-bond donors (Lipinski definition) is 2. The number of hydrogen-bond acceptors (Lipinski definition) is 7. The molecule has 224 valence electrons. The number of halogens is 1. The smallest absolute Gasteiger partial charge is 0.327 e. The van der Waals surface area contributed by atoms with Gasteiger partial charge in [0.1, 0.15) is 17.2 Å². The maximum Gasteiger partial charge on any atom is 0.327 e. The summed E-state index contributed by atoms with van der Waals surface area (Å²) < 4.78 is 20.1. The number of anilines is 4. The molecule has 2 amide bonds. The summed E-state index contributed by atoms with van der Waals surface area (Å²) in [5, 5.41) is 2.78. The van der Waals surface area contributed by atoms with Crippen LogP contribution in [0.4, 0.5) is 32.1 Å². The van der Waals surface area contributed by atoms with E-state index in [0.29, 0.717) is 43.2 Å². The van der Waals surface area contributed by atoms with Crippen molar-refractivity contribution in [2.45, 2.75) is 66.9 Å². The monoisotopic (exact) mass is 568 g/mol. The van der Waals surface area contributed by atoms with Crippen molar-refractivity contribution in [1.29, 1.82) is 0 Å². The molecule has 9 nitrogen and oxygen atoms in total. The molecule has 2 heterocycles. The first-order chi connectivity index (χ1) is 19.2. The Bertz CT molecular complexity index is 1270. The average molecular weight is 569 g/mol. The van der Waals surface area contributed by atoms with Crippen LogP contribution in [0.2, 0.25) is 0 Å². The van der Waals surface area contributed by atoms with E-state index in [-0.39, 0.29) is 29.2 Å². The Morgan fingerprint density at radius 2 is 1.98 bits per heavy atom. The van der Waals surface area contributed by atoms with Crippen LogP contribution in [0, 0.1) is 23.6 Å². The number of ether oxygens (including phenoxy) is 1. The van der Waals surface area contributed by atoms with Gasteiger partial charge in [-0.3, -0.25) is 14.7 Å². The fraction of sp³-hybridized carbons (Fsp3) is 0.548. The van der Waals surface area contributed by atoms with E-state index in [4.69, 9.17) is 10.5 Å². The molecule has 0 saturated heterocycles. The molecule has 2 aromatic rings. The second kappa shape index (κ2) is 13.3. The first kappa shape index (κ1) is 31.8. The largest absolute Gasteiger partial charge is 0.460 e. The number of aromatic nitrogens is 1. The summed E-state index contributed by atoms with van der Waals surface area (Å²) in [4.78, 5) is 38.6. The van der Waals surface area contributed by atoms with Crippen molar-refractivity contribution in [1.82, 2.24) is 4.98 Å². The molecule has 0 radical (unpaired) electrons. The van der Waals surface area contributed by atoms with E-state index in [1.165, 1.54) is 12.3 Å². The van der Waals surface area contributed by atoms with Gasteiger partial charge in [0, 0.05) is 61.6 Å². The molecule has 41 heavy (non-hydrogen) atoms. The number of carbonyl (C=O) groups is 2. The number of amides is 2. The molecule has 1 aliphatic rings. The lowest BCUT2D eigenvalue weighted by Crippen LogP contribution is -2.39. The van der Waals surface area contributed by atoms with E-state index in [0.717, 1.165) is 17.8 Å². The van der Waals surface area contributed by atoms with Crippen LogP contribution in [-0.4, -0.2) is 55.5 Å². The van der Waals surface area contributed by atoms with Gasteiger partial charge < -0.3 is 20.7 Å². The fourth-order valence-corrected chi connectivity index (χ4v) is 5.28. The molecule has 3 N–H and O–H groups in total. The molecule has 1 aliphatic heterocycles. The number of nitrogens with one attached hydrogen (secondary N) is 1. The van der Waals surface area contributed by atoms with Crippen molar-refractivity contribution in [3.8, 4) is 0 Å². The summed E-state index contributed by atoms with van der Waals surface area (Å²) in [6, 6.07) is 4.36. The molecule has 1 aromatic carbocycles. The number of urea groups is 1. The highest BCUT2D eigenvalue weighted by atomic mass is 19.1. The minimum atomic E-state index is -0.629. The van der Waals surface area contributed by atoms with Gasteiger partial charge in [-0.05, 0) is 63.6 Å². The molecule has 2 unspecified atom stereocenters. The molecule has 10 heteroatoms. The molecule has 1 aromatic heterocycles. The molecule has 0 bridgehead atoms. The number of carbonyl (C=O) groups excluding carboxylic acids is 2. The lowest BCUT2D eigenvalue weighted by molar-refractivity contribution is -0.161. The van der Waals surface area contributed by atoms with Gasteiger partial charge in [-0.1, -0.05) is 27.7 Å². The summed E-state index contributed by atoms with van der Waals surface area (Å²) in [6.45, 7) is 16.0. The Balaban J connectivity index is 1.86. The summed E-state index contributed by atoms with van der Waals surface area (Å²) in [5.41, 5.74) is 7.89. The van der Waals surface area contributed by atoms with Crippen LogP contribution in [0.15, 0.2) is 29.4 Å². The Labute approximate surface area is 243 Å². The number of benzene rings is 1. The van der Waals surface area contributed by atoms with Crippen molar-refractivity contribution >= 4 is 41.1 Å². The van der Waals surface area contributed by atoms with Gasteiger partial charge in [-0.15, -0.1) is 0 Å². The Morgan fingerprint density at radius 1 is 1.27 bits per heavy atom. The molecule has 0 aliphatic carbocycles. The topological polar surface area (TPSA) is 113 Å². The van der Waals surface area contributed by atoms with E-state index in [2.05, 4.69) is 41.0 Å². The highest BCUT2D eigenvalue weighted by molar-refractivity contribution is 6.03. The van der Waals surface area contributed by atoms with Crippen LogP contribution in [0.5, 0.6) is 0 Å². The summed E-state index contributed by atoms with van der Waals surface area (Å²) in [7, 11) is 1.57. The predicted octanol–water partition coefficient (Wildman–Crippen LogP) is 5.91. The summed E-state index contributed by atoms with van der Waals surface area (Å²) in [5.74, 6) is -0.0487. The minimum Gasteiger partial charge on any atom is -0.460 e. The van der Waals surface area contributed by atoms with Crippen molar-refractivity contribution in [2.24, 2.45) is 22.7 Å². The molecule has 3 rings (SSSR count). The number of pyridine rings is 1.